The van der Waals surface area contributed by atoms with Gasteiger partial charge in [-0.2, -0.15) is 0 Å². The summed E-state index contributed by atoms with van der Waals surface area (Å²) in [6.45, 7) is 1.33. The van der Waals surface area contributed by atoms with Crippen molar-refractivity contribution in [3.63, 3.8) is 0 Å². The summed E-state index contributed by atoms with van der Waals surface area (Å²) < 4.78 is 25.9. The number of carboxylic acid groups (broad SMARTS) is 2. The van der Waals surface area contributed by atoms with Crippen molar-refractivity contribution in [1.82, 2.24) is 4.72 Å². The second-order valence-corrected chi connectivity index (χ2v) is 6.06. The number of benzene rings is 1. The summed E-state index contributed by atoms with van der Waals surface area (Å²) in [4.78, 5) is 21.3. The van der Waals surface area contributed by atoms with Gasteiger partial charge in [-0.1, -0.05) is 17.7 Å². The maximum Gasteiger partial charge on any atom is 0.308 e. The molecule has 0 fully saturated rings. The van der Waals surface area contributed by atoms with Crippen molar-refractivity contribution >= 4 is 22.0 Å². The molecular weight excluding hydrogens is 286 g/mol. The molecule has 0 aromatic heterocycles. The first-order valence-corrected chi connectivity index (χ1v) is 7.21. The minimum atomic E-state index is -3.85. The summed E-state index contributed by atoms with van der Waals surface area (Å²) in [5, 5.41) is 17.4. The highest BCUT2D eigenvalue weighted by atomic mass is 32.2. The van der Waals surface area contributed by atoms with Crippen LogP contribution in [0, 0.1) is 12.8 Å². The third-order valence-corrected chi connectivity index (χ3v) is 4.06. The first kappa shape index (κ1) is 16.1. The van der Waals surface area contributed by atoms with E-state index in [2.05, 4.69) is 4.72 Å². The molecule has 0 saturated heterocycles. The summed E-state index contributed by atoms with van der Waals surface area (Å²) >= 11 is 0. The fourth-order valence-corrected chi connectivity index (χ4v) is 2.55. The zero-order valence-corrected chi connectivity index (χ0v) is 11.6. The molecule has 1 unspecified atom stereocenters. The van der Waals surface area contributed by atoms with Crippen molar-refractivity contribution in [3.05, 3.63) is 29.8 Å². The Bertz CT molecular complexity index is 593. The topological polar surface area (TPSA) is 121 Å². The van der Waals surface area contributed by atoms with Crippen LogP contribution in [0.4, 0.5) is 0 Å². The zero-order valence-electron chi connectivity index (χ0n) is 10.7. The predicted molar refractivity (Wildman–Crippen MR) is 69.7 cm³/mol. The van der Waals surface area contributed by atoms with Crippen LogP contribution in [-0.2, 0) is 19.6 Å². The van der Waals surface area contributed by atoms with Crippen LogP contribution in [0.1, 0.15) is 12.0 Å². The monoisotopic (exact) mass is 301 g/mol. The lowest BCUT2D eigenvalue weighted by Crippen LogP contribution is -2.34. The Balaban J connectivity index is 2.78. The molecule has 1 rings (SSSR count). The zero-order chi connectivity index (χ0) is 15.3. The maximum atomic E-state index is 11.9. The summed E-state index contributed by atoms with van der Waals surface area (Å²) in [5.74, 6) is -3.97. The number of carbonyl (C=O) groups is 2. The lowest BCUT2D eigenvalue weighted by Gasteiger charge is -2.11. The molecule has 0 aliphatic heterocycles. The minimum absolute atomic E-state index is 0.00237. The van der Waals surface area contributed by atoms with Crippen LogP contribution in [0.5, 0.6) is 0 Å². The van der Waals surface area contributed by atoms with Crippen molar-refractivity contribution in [2.24, 2.45) is 5.92 Å². The van der Waals surface area contributed by atoms with Crippen molar-refractivity contribution in [2.75, 3.05) is 6.54 Å². The standard InChI is InChI=1S/C12H15NO6S/c1-8-2-4-10(5-3-8)20(18,19)13-7-9(12(16)17)6-11(14)15/h2-5,9,13H,6-7H2,1H3,(H,14,15)(H,16,17). The largest absolute Gasteiger partial charge is 0.481 e. The van der Waals surface area contributed by atoms with E-state index in [1.165, 1.54) is 12.1 Å². The minimum Gasteiger partial charge on any atom is -0.481 e. The van der Waals surface area contributed by atoms with Crippen LogP contribution in [0.15, 0.2) is 29.2 Å². The Morgan fingerprint density at radius 2 is 1.75 bits per heavy atom. The van der Waals surface area contributed by atoms with E-state index >= 15 is 0 Å². The molecule has 1 aromatic rings. The molecule has 0 radical (unpaired) electrons. The van der Waals surface area contributed by atoms with E-state index in [0.29, 0.717) is 0 Å². The molecule has 0 spiro atoms. The van der Waals surface area contributed by atoms with Crippen molar-refractivity contribution in [1.29, 1.82) is 0 Å². The second-order valence-electron chi connectivity index (χ2n) is 4.30. The third kappa shape index (κ3) is 4.63. The van der Waals surface area contributed by atoms with Crippen molar-refractivity contribution in [2.45, 2.75) is 18.2 Å². The predicted octanol–water partition coefficient (Wildman–Crippen LogP) is 0.449. The van der Waals surface area contributed by atoms with Gasteiger partial charge < -0.3 is 10.2 Å². The lowest BCUT2D eigenvalue weighted by atomic mass is 10.1. The Morgan fingerprint density at radius 3 is 2.20 bits per heavy atom. The van der Waals surface area contributed by atoms with Crippen LogP contribution in [0.2, 0.25) is 0 Å². The van der Waals surface area contributed by atoms with Gasteiger partial charge in [0, 0.05) is 6.54 Å². The molecule has 0 saturated carbocycles. The van der Waals surface area contributed by atoms with Crippen LogP contribution >= 0.6 is 0 Å². The molecule has 20 heavy (non-hydrogen) atoms. The van der Waals surface area contributed by atoms with Gasteiger partial charge in [0.05, 0.1) is 17.2 Å². The van der Waals surface area contributed by atoms with Gasteiger partial charge in [-0.15, -0.1) is 0 Å². The summed E-state index contributed by atoms with van der Waals surface area (Å²) in [6, 6.07) is 6.01. The van der Waals surface area contributed by atoms with Gasteiger partial charge in [0.15, 0.2) is 0 Å². The number of aryl methyl sites for hydroxylation is 1. The number of sulfonamides is 1. The molecule has 0 amide bonds. The molecule has 0 bridgehead atoms. The fourth-order valence-electron chi connectivity index (χ4n) is 1.47. The highest BCUT2D eigenvalue weighted by Crippen LogP contribution is 2.11. The summed E-state index contributed by atoms with van der Waals surface area (Å²) in [6.07, 6.45) is -0.647. The van der Waals surface area contributed by atoms with Gasteiger partial charge in [0.2, 0.25) is 10.0 Å². The van der Waals surface area contributed by atoms with Crippen molar-refractivity contribution < 1.29 is 28.2 Å². The van der Waals surface area contributed by atoms with E-state index in [9.17, 15) is 18.0 Å². The molecule has 1 aromatic carbocycles. The van der Waals surface area contributed by atoms with E-state index in [0.717, 1.165) is 5.56 Å². The lowest BCUT2D eigenvalue weighted by molar-refractivity contribution is -0.147. The van der Waals surface area contributed by atoms with Crippen LogP contribution < -0.4 is 4.72 Å². The van der Waals surface area contributed by atoms with Gasteiger partial charge >= 0.3 is 11.9 Å². The Labute approximate surface area is 116 Å². The van der Waals surface area contributed by atoms with E-state index in [1.54, 1.807) is 19.1 Å². The van der Waals surface area contributed by atoms with Crippen LogP contribution in [0.3, 0.4) is 0 Å². The molecule has 3 N–H and O–H groups in total. The first-order chi connectivity index (χ1) is 9.22. The number of aliphatic carboxylic acids is 2. The Hall–Kier alpha value is -1.93. The fraction of sp³-hybridized carbons (Fsp3) is 0.333. The number of rotatable bonds is 7. The molecular formula is C12H15NO6S. The molecule has 0 heterocycles. The number of carboxylic acids is 2. The average Bonchev–Trinajstić information content (AvgIpc) is 2.34. The van der Waals surface area contributed by atoms with E-state index in [1.807, 2.05) is 0 Å². The first-order valence-electron chi connectivity index (χ1n) is 5.73. The quantitative estimate of drug-likeness (QED) is 0.672. The van der Waals surface area contributed by atoms with Gasteiger partial charge in [-0.05, 0) is 19.1 Å². The smallest absolute Gasteiger partial charge is 0.308 e. The molecule has 0 aliphatic rings. The van der Waals surface area contributed by atoms with Crippen molar-refractivity contribution in [3.8, 4) is 0 Å². The van der Waals surface area contributed by atoms with Crippen LogP contribution in [-0.4, -0.2) is 37.1 Å². The SMILES string of the molecule is Cc1ccc(S(=O)(=O)NCC(CC(=O)O)C(=O)O)cc1. The average molecular weight is 301 g/mol. The molecule has 110 valence electrons. The van der Waals surface area contributed by atoms with Gasteiger partial charge in [0.25, 0.3) is 0 Å². The highest BCUT2D eigenvalue weighted by molar-refractivity contribution is 7.89. The van der Waals surface area contributed by atoms with E-state index in [-0.39, 0.29) is 4.90 Å². The number of hydrogen-bond acceptors (Lipinski definition) is 4. The molecule has 8 heteroatoms. The van der Waals surface area contributed by atoms with Gasteiger partial charge in [-0.25, -0.2) is 13.1 Å². The maximum absolute atomic E-state index is 11.9. The normalized spacial score (nSPS) is 12.8. The van der Waals surface area contributed by atoms with E-state index in [4.69, 9.17) is 10.2 Å². The second kappa shape index (κ2) is 6.49. The van der Waals surface area contributed by atoms with Gasteiger partial charge in [0.1, 0.15) is 0 Å². The third-order valence-electron chi connectivity index (χ3n) is 2.62. The Morgan fingerprint density at radius 1 is 1.20 bits per heavy atom. The van der Waals surface area contributed by atoms with Crippen LogP contribution in [0.25, 0.3) is 0 Å². The van der Waals surface area contributed by atoms with E-state index < -0.39 is 40.8 Å². The number of hydrogen-bond donors (Lipinski definition) is 3. The van der Waals surface area contributed by atoms with Gasteiger partial charge in [-0.3, -0.25) is 9.59 Å². The summed E-state index contributed by atoms with van der Waals surface area (Å²) in [7, 11) is -3.85. The molecule has 0 aliphatic carbocycles. The number of nitrogens with one attached hydrogen (secondary N) is 1. The molecule has 7 nitrogen and oxygen atoms in total. The highest BCUT2D eigenvalue weighted by Gasteiger charge is 2.24. The summed E-state index contributed by atoms with van der Waals surface area (Å²) in [5.41, 5.74) is 0.887. The Kier molecular flexibility index (Phi) is 5.23. The molecule has 1 atom stereocenters.